The minimum Gasteiger partial charge on any atom is -0.335 e. The van der Waals surface area contributed by atoms with E-state index < -0.39 is 0 Å². The molecule has 1 heterocycles. The van der Waals surface area contributed by atoms with Crippen LogP contribution >= 0.6 is 0 Å². The van der Waals surface area contributed by atoms with Crippen molar-refractivity contribution in [1.29, 1.82) is 0 Å². The van der Waals surface area contributed by atoms with Gasteiger partial charge in [-0.2, -0.15) is 0 Å². The SMILES string of the molecule is C/C=C(/c1ccc2c(c1)N2C(C)Cc1ccccc1)C(C)N. The second kappa shape index (κ2) is 5.98. The molecule has 0 aliphatic carbocycles. The molecule has 1 aliphatic rings. The number of fused-ring (bicyclic) bond motifs is 1. The fraction of sp³-hybridized carbons (Fsp3) is 0.300. The van der Waals surface area contributed by atoms with Crippen molar-refractivity contribution in [3.63, 3.8) is 0 Å². The summed E-state index contributed by atoms with van der Waals surface area (Å²) in [6.45, 7) is 6.38. The number of allylic oxidation sites excluding steroid dienone is 1. The largest absolute Gasteiger partial charge is 0.335 e. The van der Waals surface area contributed by atoms with Gasteiger partial charge in [-0.3, -0.25) is 0 Å². The van der Waals surface area contributed by atoms with Crippen LogP contribution in [0.4, 0.5) is 11.4 Å². The van der Waals surface area contributed by atoms with Crippen LogP contribution in [0.2, 0.25) is 0 Å². The summed E-state index contributed by atoms with van der Waals surface area (Å²) in [6, 6.07) is 17.9. The zero-order chi connectivity index (χ0) is 15.7. The molecule has 2 aromatic carbocycles. The standard InChI is InChI=1S/C20H24N2/c1-4-18(15(3)21)17-10-11-19-20(13-17)22(19)14(2)12-16-8-6-5-7-9-16/h4-11,13-15H,12,21H2,1-3H3/b18-4+. The van der Waals surface area contributed by atoms with Gasteiger partial charge >= 0.3 is 0 Å². The van der Waals surface area contributed by atoms with Crippen molar-refractivity contribution in [2.45, 2.75) is 39.3 Å². The first-order chi connectivity index (χ1) is 10.6. The Labute approximate surface area is 133 Å². The van der Waals surface area contributed by atoms with Crippen molar-refractivity contribution in [1.82, 2.24) is 0 Å². The van der Waals surface area contributed by atoms with Gasteiger partial charge < -0.3 is 10.6 Å². The van der Waals surface area contributed by atoms with Crippen LogP contribution in [-0.2, 0) is 6.42 Å². The maximum absolute atomic E-state index is 6.06. The summed E-state index contributed by atoms with van der Waals surface area (Å²) in [4.78, 5) is 2.42. The van der Waals surface area contributed by atoms with Crippen LogP contribution in [0.3, 0.4) is 0 Å². The molecule has 22 heavy (non-hydrogen) atoms. The smallest absolute Gasteiger partial charge is 0.0661 e. The summed E-state index contributed by atoms with van der Waals surface area (Å²) in [5.74, 6) is 0. The lowest BCUT2D eigenvalue weighted by Crippen LogP contribution is -2.19. The van der Waals surface area contributed by atoms with Crippen molar-refractivity contribution in [3.05, 3.63) is 65.7 Å². The van der Waals surface area contributed by atoms with Gasteiger partial charge in [0, 0.05) is 12.1 Å². The Kier molecular flexibility index (Phi) is 4.04. The third-order valence-electron chi connectivity index (χ3n) is 4.39. The molecular weight excluding hydrogens is 268 g/mol. The quantitative estimate of drug-likeness (QED) is 0.821. The molecule has 2 N–H and O–H groups in total. The molecule has 2 atom stereocenters. The van der Waals surface area contributed by atoms with E-state index in [1.165, 1.54) is 28.1 Å². The van der Waals surface area contributed by atoms with Gasteiger partial charge in [0.15, 0.2) is 0 Å². The van der Waals surface area contributed by atoms with E-state index in [2.05, 4.69) is 73.4 Å². The summed E-state index contributed by atoms with van der Waals surface area (Å²) in [6.07, 6.45) is 3.18. The molecule has 2 nitrogen and oxygen atoms in total. The van der Waals surface area contributed by atoms with Crippen molar-refractivity contribution in [3.8, 4) is 0 Å². The molecule has 0 spiro atoms. The molecular formula is C20H24N2. The molecule has 0 amide bonds. The van der Waals surface area contributed by atoms with Crippen molar-refractivity contribution < 1.29 is 0 Å². The molecule has 114 valence electrons. The van der Waals surface area contributed by atoms with E-state index >= 15 is 0 Å². The molecule has 2 aromatic rings. The fourth-order valence-corrected chi connectivity index (χ4v) is 3.27. The van der Waals surface area contributed by atoms with Gasteiger partial charge in [-0.05, 0) is 56.0 Å². The number of hydrogen-bond acceptors (Lipinski definition) is 2. The monoisotopic (exact) mass is 292 g/mol. The van der Waals surface area contributed by atoms with Gasteiger partial charge in [-0.15, -0.1) is 0 Å². The van der Waals surface area contributed by atoms with E-state index in [0.29, 0.717) is 6.04 Å². The maximum atomic E-state index is 6.06. The zero-order valence-electron chi connectivity index (χ0n) is 13.6. The van der Waals surface area contributed by atoms with Crippen LogP contribution in [0.1, 0.15) is 31.9 Å². The average Bonchev–Trinajstić information content (AvgIpc) is 3.22. The number of nitrogens with two attached hydrogens (primary N) is 1. The van der Waals surface area contributed by atoms with Gasteiger partial charge in [-0.25, -0.2) is 0 Å². The van der Waals surface area contributed by atoms with Crippen LogP contribution in [0.15, 0.2) is 54.6 Å². The Balaban J connectivity index is 1.74. The second-order valence-corrected chi connectivity index (χ2v) is 6.14. The Morgan fingerprint density at radius 2 is 1.82 bits per heavy atom. The first kappa shape index (κ1) is 14.9. The fourth-order valence-electron chi connectivity index (χ4n) is 3.27. The van der Waals surface area contributed by atoms with Gasteiger partial charge in [0.1, 0.15) is 0 Å². The van der Waals surface area contributed by atoms with Gasteiger partial charge in [-0.1, -0.05) is 42.5 Å². The van der Waals surface area contributed by atoms with E-state index in [1.54, 1.807) is 0 Å². The number of nitrogens with zero attached hydrogens (tertiary/aromatic N) is 1. The highest BCUT2D eigenvalue weighted by Crippen LogP contribution is 2.51. The molecule has 2 heteroatoms. The normalized spacial score (nSPS) is 16.2. The molecule has 0 aromatic heterocycles. The van der Waals surface area contributed by atoms with Crippen molar-refractivity contribution >= 4 is 16.9 Å². The molecule has 0 fully saturated rings. The Morgan fingerprint density at radius 3 is 2.45 bits per heavy atom. The Morgan fingerprint density at radius 1 is 1.09 bits per heavy atom. The maximum Gasteiger partial charge on any atom is 0.0661 e. The summed E-state index contributed by atoms with van der Waals surface area (Å²) >= 11 is 0. The van der Waals surface area contributed by atoms with Gasteiger partial charge in [0.2, 0.25) is 0 Å². The number of benzene rings is 2. The molecule has 0 saturated carbocycles. The van der Waals surface area contributed by atoms with Crippen LogP contribution in [0.25, 0.3) is 5.57 Å². The average molecular weight is 292 g/mol. The van der Waals surface area contributed by atoms with E-state index in [0.717, 1.165) is 6.42 Å². The molecule has 3 rings (SSSR count). The van der Waals surface area contributed by atoms with Crippen LogP contribution in [-0.4, -0.2) is 12.1 Å². The lowest BCUT2D eigenvalue weighted by molar-refractivity contribution is 0.745. The van der Waals surface area contributed by atoms with Gasteiger partial charge in [0.05, 0.1) is 11.4 Å². The Bertz CT molecular complexity index is 686. The zero-order valence-corrected chi connectivity index (χ0v) is 13.6. The highest BCUT2D eigenvalue weighted by molar-refractivity contribution is 5.95. The summed E-state index contributed by atoms with van der Waals surface area (Å²) < 4.78 is 0. The highest BCUT2D eigenvalue weighted by Gasteiger charge is 2.33. The molecule has 0 saturated heterocycles. The van der Waals surface area contributed by atoms with Crippen molar-refractivity contribution in [2.75, 3.05) is 4.90 Å². The molecule has 0 bridgehead atoms. The lowest BCUT2D eigenvalue weighted by Gasteiger charge is -2.14. The number of hydrogen-bond donors (Lipinski definition) is 1. The second-order valence-electron chi connectivity index (χ2n) is 6.14. The highest BCUT2D eigenvalue weighted by atomic mass is 15.3. The number of anilines is 2. The van der Waals surface area contributed by atoms with Crippen LogP contribution in [0.5, 0.6) is 0 Å². The molecule has 0 radical (unpaired) electrons. The predicted molar refractivity (Wildman–Crippen MR) is 95.5 cm³/mol. The molecule has 1 aliphatic heterocycles. The lowest BCUT2D eigenvalue weighted by atomic mass is 10.0. The van der Waals surface area contributed by atoms with Crippen LogP contribution in [0, 0.1) is 0 Å². The van der Waals surface area contributed by atoms with E-state index in [4.69, 9.17) is 5.73 Å². The minimum absolute atomic E-state index is 0.0667. The summed E-state index contributed by atoms with van der Waals surface area (Å²) in [5.41, 5.74) is 12.6. The topological polar surface area (TPSA) is 29.0 Å². The first-order valence-electron chi connectivity index (χ1n) is 8.01. The van der Waals surface area contributed by atoms with Gasteiger partial charge in [0.25, 0.3) is 0 Å². The first-order valence-corrected chi connectivity index (χ1v) is 8.01. The van der Waals surface area contributed by atoms with E-state index in [1.807, 2.05) is 6.92 Å². The molecule has 2 unspecified atom stereocenters. The summed E-state index contributed by atoms with van der Waals surface area (Å²) in [5, 5.41) is 0. The minimum atomic E-state index is 0.0667. The van der Waals surface area contributed by atoms with Crippen molar-refractivity contribution in [2.24, 2.45) is 5.73 Å². The third-order valence-corrected chi connectivity index (χ3v) is 4.39. The Hall–Kier alpha value is -2.06. The van der Waals surface area contributed by atoms with E-state index in [9.17, 15) is 0 Å². The van der Waals surface area contributed by atoms with E-state index in [-0.39, 0.29) is 6.04 Å². The van der Waals surface area contributed by atoms with Crippen LogP contribution < -0.4 is 10.6 Å². The number of rotatable bonds is 5. The summed E-state index contributed by atoms with van der Waals surface area (Å²) in [7, 11) is 0. The third kappa shape index (κ3) is 2.79. The predicted octanol–water partition coefficient (Wildman–Crippen LogP) is 4.52.